The molecular formula is C29H25N3O6S. The summed E-state index contributed by atoms with van der Waals surface area (Å²) >= 11 is 0. The minimum atomic E-state index is -3.86. The van der Waals surface area contributed by atoms with Crippen molar-refractivity contribution in [2.45, 2.75) is 17.1 Å². The number of anilines is 2. The van der Waals surface area contributed by atoms with Gasteiger partial charge in [0.1, 0.15) is 23.5 Å². The fraction of sp³-hybridized carbons (Fsp3) is 0.138. The number of hydrogen-bond acceptors (Lipinski definition) is 9. The maximum absolute atomic E-state index is 13.6. The lowest BCUT2D eigenvalue weighted by molar-refractivity contribution is 0.0992. The molecule has 198 valence electrons. The number of rotatable bonds is 10. The van der Waals surface area contributed by atoms with Gasteiger partial charge in [-0.25, -0.2) is 18.4 Å². The number of furan rings is 1. The van der Waals surface area contributed by atoms with E-state index in [1.165, 1.54) is 24.7 Å². The average molecular weight is 544 g/mol. The Bertz CT molecular complexity index is 1730. The lowest BCUT2D eigenvalue weighted by Gasteiger charge is -2.14. The third-order valence-electron chi connectivity index (χ3n) is 6.05. The van der Waals surface area contributed by atoms with Crippen molar-refractivity contribution >= 4 is 38.2 Å². The second kappa shape index (κ2) is 11.0. The van der Waals surface area contributed by atoms with Gasteiger partial charge in [0.2, 0.25) is 0 Å². The Morgan fingerprint density at radius 2 is 1.62 bits per heavy atom. The normalized spacial score (nSPS) is 11.3. The number of nitrogens with one attached hydrogen (secondary N) is 1. The minimum Gasteiger partial charge on any atom is -0.497 e. The largest absolute Gasteiger partial charge is 0.497 e. The van der Waals surface area contributed by atoms with E-state index < -0.39 is 15.6 Å². The number of carbonyl (C=O) groups excluding carboxylic acids is 1. The van der Waals surface area contributed by atoms with E-state index in [0.717, 1.165) is 0 Å². The van der Waals surface area contributed by atoms with E-state index in [1.54, 1.807) is 62.8 Å². The Kier molecular flexibility index (Phi) is 7.29. The van der Waals surface area contributed by atoms with Crippen LogP contribution in [0.25, 0.3) is 11.0 Å². The van der Waals surface area contributed by atoms with Gasteiger partial charge in [0.05, 0.1) is 47.7 Å². The van der Waals surface area contributed by atoms with Crippen LogP contribution in [0.2, 0.25) is 0 Å². The first-order chi connectivity index (χ1) is 18.8. The summed E-state index contributed by atoms with van der Waals surface area (Å²) in [5.74, 6) is 0.828. The second-order valence-corrected chi connectivity index (χ2v) is 10.7. The Morgan fingerprint density at radius 1 is 0.897 bits per heavy atom. The summed E-state index contributed by atoms with van der Waals surface area (Å²) in [7, 11) is -0.766. The predicted molar refractivity (Wildman–Crippen MR) is 146 cm³/mol. The van der Waals surface area contributed by atoms with E-state index in [2.05, 4.69) is 15.3 Å². The van der Waals surface area contributed by atoms with Gasteiger partial charge < -0.3 is 19.2 Å². The van der Waals surface area contributed by atoms with Crippen molar-refractivity contribution in [3.05, 3.63) is 102 Å². The first kappa shape index (κ1) is 25.9. The number of fused-ring (bicyclic) bond motifs is 1. The van der Waals surface area contributed by atoms with Crippen molar-refractivity contribution in [3.63, 3.8) is 0 Å². The van der Waals surface area contributed by atoms with Crippen molar-refractivity contribution in [2.75, 3.05) is 19.5 Å². The standard InChI is InChI=1S/C29H25N3O6S/c1-36-22-14-21(15-23(16-22)37-2)30-29-27(31-25-8-3-4-9-26(25)32-29)18-39(34,35)24-7-5-6-19(12-24)13-28(33)20-10-11-38-17-20/h3-12,14-17H,13,18H2,1-2H3,(H,30,32). The number of ether oxygens (including phenoxy) is 2. The van der Waals surface area contributed by atoms with Crippen LogP contribution < -0.4 is 14.8 Å². The number of nitrogens with zero attached hydrogens (tertiary/aromatic N) is 2. The third kappa shape index (κ3) is 5.91. The quantitative estimate of drug-likeness (QED) is 0.231. The van der Waals surface area contributed by atoms with Crippen molar-refractivity contribution in [1.29, 1.82) is 0 Å². The highest BCUT2D eigenvalue weighted by molar-refractivity contribution is 7.90. The smallest absolute Gasteiger partial charge is 0.184 e. The van der Waals surface area contributed by atoms with E-state index >= 15 is 0 Å². The van der Waals surface area contributed by atoms with Crippen molar-refractivity contribution in [1.82, 2.24) is 9.97 Å². The first-order valence-electron chi connectivity index (χ1n) is 12.0. The molecule has 0 saturated carbocycles. The summed E-state index contributed by atoms with van der Waals surface area (Å²) in [5, 5.41) is 3.19. The fourth-order valence-electron chi connectivity index (χ4n) is 4.08. The van der Waals surface area contributed by atoms with Gasteiger partial charge in [-0.05, 0) is 35.9 Å². The number of methoxy groups -OCH3 is 2. The van der Waals surface area contributed by atoms with Crippen molar-refractivity contribution < 1.29 is 27.1 Å². The zero-order valence-electron chi connectivity index (χ0n) is 21.2. The van der Waals surface area contributed by atoms with Crippen LogP contribution in [0.1, 0.15) is 21.6 Å². The highest BCUT2D eigenvalue weighted by Gasteiger charge is 2.22. The zero-order chi connectivity index (χ0) is 27.4. The van der Waals surface area contributed by atoms with E-state index in [4.69, 9.17) is 13.9 Å². The van der Waals surface area contributed by atoms with Gasteiger partial charge in [0.15, 0.2) is 21.4 Å². The van der Waals surface area contributed by atoms with Crippen LogP contribution in [0.3, 0.4) is 0 Å². The molecule has 0 amide bonds. The van der Waals surface area contributed by atoms with Crippen LogP contribution in [-0.4, -0.2) is 38.4 Å². The van der Waals surface area contributed by atoms with Gasteiger partial charge in [-0.1, -0.05) is 24.3 Å². The molecule has 0 bridgehead atoms. The second-order valence-electron chi connectivity index (χ2n) is 8.75. The molecule has 0 aliphatic carbocycles. The average Bonchev–Trinajstić information content (AvgIpc) is 3.48. The van der Waals surface area contributed by atoms with Crippen molar-refractivity contribution in [2.24, 2.45) is 0 Å². The molecule has 39 heavy (non-hydrogen) atoms. The summed E-state index contributed by atoms with van der Waals surface area (Å²) in [6.07, 6.45) is 2.84. The lowest BCUT2D eigenvalue weighted by Crippen LogP contribution is -2.11. The fourth-order valence-corrected chi connectivity index (χ4v) is 5.42. The number of aromatic nitrogens is 2. The van der Waals surface area contributed by atoms with Crippen LogP contribution in [0, 0.1) is 0 Å². The molecular weight excluding hydrogens is 518 g/mol. The summed E-state index contributed by atoms with van der Waals surface area (Å²) in [6.45, 7) is 0. The van der Waals surface area contributed by atoms with Gasteiger partial charge in [-0.3, -0.25) is 4.79 Å². The molecule has 0 spiro atoms. The molecule has 5 aromatic rings. The van der Waals surface area contributed by atoms with Gasteiger partial charge in [-0.15, -0.1) is 0 Å². The number of carbonyl (C=O) groups is 1. The highest BCUT2D eigenvalue weighted by atomic mass is 32.2. The number of benzene rings is 3. The molecule has 9 nitrogen and oxygen atoms in total. The highest BCUT2D eigenvalue weighted by Crippen LogP contribution is 2.30. The Labute approximate surface area is 225 Å². The van der Waals surface area contributed by atoms with Crippen LogP contribution in [0.15, 0.2) is 94.6 Å². The Morgan fingerprint density at radius 3 is 2.28 bits per heavy atom. The molecule has 1 N–H and O–H groups in total. The van der Waals surface area contributed by atoms with Crippen LogP contribution >= 0.6 is 0 Å². The van der Waals surface area contributed by atoms with Crippen molar-refractivity contribution in [3.8, 4) is 11.5 Å². The summed E-state index contributed by atoms with van der Waals surface area (Å²) in [6, 6.07) is 20.4. The molecule has 0 atom stereocenters. The van der Waals surface area contributed by atoms with Crippen LogP contribution in [0.4, 0.5) is 11.5 Å². The zero-order valence-corrected chi connectivity index (χ0v) is 22.1. The Hall–Kier alpha value is -4.70. The molecule has 0 saturated heterocycles. The molecule has 2 aromatic heterocycles. The maximum atomic E-state index is 13.6. The molecule has 2 heterocycles. The SMILES string of the molecule is COc1cc(Nc2nc3ccccc3nc2CS(=O)(=O)c2cccc(CC(=O)c3ccoc3)c2)cc(OC)c1. The molecule has 3 aromatic carbocycles. The van der Waals surface area contributed by atoms with E-state index in [0.29, 0.717) is 45.2 Å². The molecule has 5 rings (SSSR count). The summed E-state index contributed by atoms with van der Waals surface area (Å²) in [5.41, 5.74) is 3.02. The topological polar surface area (TPSA) is 121 Å². The minimum absolute atomic E-state index is 0.0448. The van der Waals surface area contributed by atoms with E-state index in [1.807, 2.05) is 12.1 Å². The first-order valence-corrected chi connectivity index (χ1v) is 13.6. The molecule has 0 unspecified atom stereocenters. The van der Waals surface area contributed by atoms with E-state index in [9.17, 15) is 13.2 Å². The van der Waals surface area contributed by atoms with Gasteiger partial charge >= 0.3 is 0 Å². The van der Waals surface area contributed by atoms with Crippen LogP contribution in [0.5, 0.6) is 11.5 Å². The summed E-state index contributed by atoms with van der Waals surface area (Å²) < 4.78 is 42.8. The molecule has 0 fully saturated rings. The van der Waals surface area contributed by atoms with Gasteiger partial charge in [0.25, 0.3) is 0 Å². The number of para-hydroxylation sites is 2. The molecule has 10 heteroatoms. The number of Topliss-reactive ketones (excluding diaryl/α,β-unsaturated/α-hetero) is 1. The monoisotopic (exact) mass is 543 g/mol. The number of ketones is 1. The predicted octanol–water partition coefficient (Wildman–Crippen LogP) is 5.38. The number of sulfone groups is 1. The van der Waals surface area contributed by atoms with E-state index in [-0.39, 0.29) is 22.8 Å². The van der Waals surface area contributed by atoms with Gasteiger partial charge in [0, 0.05) is 30.3 Å². The molecule has 0 radical (unpaired) electrons. The lowest BCUT2D eigenvalue weighted by atomic mass is 10.1. The molecule has 0 aliphatic rings. The summed E-state index contributed by atoms with van der Waals surface area (Å²) in [4.78, 5) is 21.9. The Balaban J connectivity index is 1.49. The number of hydrogen-bond donors (Lipinski definition) is 1. The third-order valence-corrected chi connectivity index (χ3v) is 7.67. The maximum Gasteiger partial charge on any atom is 0.184 e. The molecule has 0 aliphatic heterocycles. The van der Waals surface area contributed by atoms with Crippen LogP contribution in [-0.2, 0) is 22.0 Å². The van der Waals surface area contributed by atoms with Gasteiger partial charge in [-0.2, -0.15) is 0 Å².